The van der Waals surface area contributed by atoms with E-state index in [0.29, 0.717) is 28.4 Å². The second kappa shape index (κ2) is 9.33. The first-order valence-electron chi connectivity index (χ1n) is 9.70. The van der Waals surface area contributed by atoms with E-state index in [1.165, 1.54) is 0 Å². The summed E-state index contributed by atoms with van der Waals surface area (Å²) >= 11 is 13.7. The highest BCUT2D eigenvalue weighted by Gasteiger charge is 2.52. The summed E-state index contributed by atoms with van der Waals surface area (Å²) in [4.78, 5) is 29.2. The maximum Gasteiger partial charge on any atom is 0.422 e. The molecule has 0 N–H and O–H groups in total. The van der Waals surface area contributed by atoms with Crippen LogP contribution in [0.15, 0.2) is 23.4 Å². The molecule has 2 fully saturated rings. The fourth-order valence-electron chi connectivity index (χ4n) is 3.32. The minimum atomic E-state index is -1.58. The van der Waals surface area contributed by atoms with Gasteiger partial charge < -0.3 is 14.2 Å². The summed E-state index contributed by atoms with van der Waals surface area (Å²) in [6, 6.07) is 5.34. The lowest BCUT2D eigenvalue weighted by Crippen LogP contribution is -2.53. The Labute approximate surface area is 192 Å². The molecule has 9 nitrogen and oxygen atoms in total. The van der Waals surface area contributed by atoms with Gasteiger partial charge in [-0.05, 0) is 44.5 Å². The second-order valence-electron chi connectivity index (χ2n) is 7.09. The van der Waals surface area contributed by atoms with Gasteiger partial charge in [-0.25, -0.2) is 19.3 Å². The van der Waals surface area contributed by atoms with Crippen LogP contribution in [0.5, 0.6) is 0 Å². The third-order valence-electron chi connectivity index (χ3n) is 4.81. The lowest BCUT2D eigenvalue weighted by atomic mass is 10.3. The summed E-state index contributed by atoms with van der Waals surface area (Å²) < 4.78 is 17.1. The van der Waals surface area contributed by atoms with Crippen LogP contribution in [0.4, 0.5) is 0 Å². The Balaban J connectivity index is 1.23. The number of nitrogens with zero attached hydrogens (tertiary/aromatic N) is 4. The number of unbranched alkanes of at least 4 members (excludes halogenated alkanes) is 1. The molecule has 0 amide bonds. The predicted octanol–water partition coefficient (Wildman–Crippen LogP) is 2.84. The van der Waals surface area contributed by atoms with E-state index in [9.17, 15) is 9.59 Å². The Bertz CT molecular complexity index is 986. The molecule has 1 aromatic carbocycles. The highest BCUT2D eigenvalue weighted by Crippen LogP contribution is 2.28. The molecule has 4 rings (SSSR count). The molecule has 1 aromatic heterocycles. The number of carbonyl (C=O) groups is 2. The van der Waals surface area contributed by atoms with Crippen molar-refractivity contribution in [2.75, 3.05) is 32.0 Å². The molecule has 2 aromatic rings. The molecule has 166 valence electrons. The molecular weight excluding hydrogens is 467 g/mol. The zero-order chi connectivity index (χ0) is 22.0. The van der Waals surface area contributed by atoms with Gasteiger partial charge in [-0.15, -0.1) is 5.10 Å². The van der Waals surface area contributed by atoms with Gasteiger partial charge in [0.05, 0.1) is 22.3 Å². The predicted molar refractivity (Wildman–Crippen MR) is 113 cm³/mol. The van der Waals surface area contributed by atoms with Crippen molar-refractivity contribution < 1.29 is 23.8 Å². The van der Waals surface area contributed by atoms with Crippen molar-refractivity contribution in [3.8, 4) is 5.69 Å². The van der Waals surface area contributed by atoms with E-state index >= 15 is 0 Å². The highest BCUT2D eigenvalue weighted by atomic mass is 35.5. The van der Waals surface area contributed by atoms with Gasteiger partial charge >= 0.3 is 17.9 Å². The van der Waals surface area contributed by atoms with Gasteiger partial charge in [0.25, 0.3) is 0 Å². The summed E-state index contributed by atoms with van der Waals surface area (Å²) in [5.41, 5.74) is 0.806. The maximum absolute atomic E-state index is 11.3. The van der Waals surface area contributed by atoms with Crippen molar-refractivity contribution in [2.45, 2.75) is 30.9 Å². The summed E-state index contributed by atoms with van der Waals surface area (Å²) in [5.74, 6) is -1.99. The molecule has 2 aliphatic rings. The summed E-state index contributed by atoms with van der Waals surface area (Å²) in [6.07, 6.45) is 1.85. The second-order valence-corrected chi connectivity index (χ2v) is 8.97. The summed E-state index contributed by atoms with van der Waals surface area (Å²) in [6.45, 7) is 3.87. The van der Waals surface area contributed by atoms with Gasteiger partial charge in [0, 0.05) is 12.3 Å². The fourth-order valence-corrected chi connectivity index (χ4v) is 4.48. The van der Waals surface area contributed by atoms with Crippen LogP contribution in [0.1, 0.15) is 18.7 Å². The van der Waals surface area contributed by atoms with Crippen LogP contribution in [0.2, 0.25) is 10.0 Å². The van der Waals surface area contributed by atoms with Crippen LogP contribution in [0, 0.1) is 6.92 Å². The first-order valence-corrected chi connectivity index (χ1v) is 11.4. The van der Waals surface area contributed by atoms with Crippen LogP contribution in [0.25, 0.3) is 5.69 Å². The molecule has 31 heavy (non-hydrogen) atoms. The maximum atomic E-state index is 11.3. The Hall–Kier alpha value is -1.85. The zero-order valence-electron chi connectivity index (χ0n) is 16.7. The Morgan fingerprint density at radius 3 is 2.68 bits per heavy atom. The molecule has 0 unspecified atom stereocenters. The topological polar surface area (TPSA) is 95.8 Å². The van der Waals surface area contributed by atoms with E-state index in [1.807, 2.05) is 13.0 Å². The highest BCUT2D eigenvalue weighted by molar-refractivity contribution is 7.99. The number of benzene rings is 1. The molecule has 0 bridgehead atoms. The lowest BCUT2D eigenvalue weighted by molar-refractivity contribution is -0.338. The standard InChI is InChI=1S/C19H20Cl2N4O5S/c1-12-22-18(23-25(12)13-4-5-14(20)15(21)10-13)31-9-3-2-6-24-7-8-28-19(11-24)29-16(26)17(27)30-19/h4-5,10H,2-3,6-9,11H2,1H3. The van der Waals surface area contributed by atoms with Crippen LogP contribution in [0.3, 0.4) is 0 Å². The molecule has 3 heterocycles. The normalized spacial score (nSPS) is 18.4. The molecule has 0 radical (unpaired) electrons. The quantitative estimate of drug-likeness (QED) is 0.253. The van der Waals surface area contributed by atoms with Crippen molar-refractivity contribution in [3.05, 3.63) is 34.1 Å². The monoisotopic (exact) mass is 486 g/mol. The Morgan fingerprint density at radius 1 is 1.16 bits per heavy atom. The third kappa shape index (κ3) is 5.15. The molecule has 1 spiro atoms. The van der Waals surface area contributed by atoms with Gasteiger partial charge in [-0.3, -0.25) is 4.90 Å². The Kier molecular flexibility index (Phi) is 6.73. The average Bonchev–Trinajstić information content (AvgIpc) is 3.22. The van der Waals surface area contributed by atoms with E-state index in [0.717, 1.165) is 36.7 Å². The van der Waals surface area contributed by atoms with Crippen molar-refractivity contribution in [2.24, 2.45) is 0 Å². The SMILES string of the molecule is Cc1nc(SCCCCN2CCOC3(C2)OC(=O)C(=O)O3)nn1-c1ccc(Cl)c(Cl)c1. The number of hydrogen-bond acceptors (Lipinski definition) is 9. The number of esters is 2. The van der Waals surface area contributed by atoms with E-state index in [4.69, 9.17) is 37.4 Å². The van der Waals surface area contributed by atoms with Gasteiger partial charge in [0.2, 0.25) is 5.16 Å². The summed E-state index contributed by atoms with van der Waals surface area (Å²) in [7, 11) is 0. The molecule has 2 aliphatic heterocycles. The van der Waals surface area contributed by atoms with Crippen molar-refractivity contribution in [1.82, 2.24) is 19.7 Å². The molecule has 2 saturated heterocycles. The van der Waals surface area contributed by atoms with Gasteiger partial charge in [0.15, 0.2) is 0 Å². The number of halogens is 2. The van der Waals surface area contributed by atoms with E-state index < -0.39 is 17.9 Å². The van der Waals surface area contributed by atoms with Crippen molar-refractivity contribution in [3.63, 3.8) is 0 Å². The van der Waals surface area contributed by atoms with Crippen LogP contribution < -0.4 is 0 Å². The molecule has 0 saturated carbocycles. The number of aryl methyl sites for hydroxylation is 1. The van der Waals surface area contributed by atoms with Gasteiger partial charge in [-0.2, -0.15) is 0 Å². The number of ether oxygens (including phenoxy) is 3. The molecule has 0 atom stereocenters. The first kappa shape index (κ1) is 22.3. The molecule has 12 heteroatoms. The van der Waals surface area contributed by atoms with E-state index in [2.05, 4.69) is 15.0 Å². The van der Waals surface area contributed by atoms with Gasteiger partial charge in [0.1, 0.15) is 12.4 Å². The number of rotatable bonds is 7. The first-order chi connectivity index (χ1) is 14.8. The van der Waals surface area contributed by atoms with Crippen LogP contribution in [-0.4, -0.2) is 69.6 Å². The summed E-state index contributed by atoms with van der Waals surface area (Å²) in [5, 5.41) is 6.20. The minimum Gasteiger partial charge on any atom is -0.388 e. The van der Waals surface area contributed by atoms with Crippen LogP contribution >= 0.6 is 35.0 Å². The van der Waals surface area contributed by atoms with Crippen molar-refractivity contribution in [1.29, 1.82) is 0 Å². The number of morpholine rings is 1. The number of thioether (sulfide) groups is 1. The molecular formula is C19H20Cl2N4O5S. The lowest BCUT2D eigenvalue weighted by Gasteiger charge is -2.36. The molecule has 0 aliphatic carbocycles. The number of aromatic nitrogens is 3. The minimum absolute atomic E-state index is 0.215. The largest absolute Gasteiger partial charge is 0.422 e. The number of carbonyl (C=O) groups excluding carboxylic acids is 2. The van der Waals surface area contributed by atoms with E-state index in [1.54, 1.807) is 28.6 Å². The van der Waals surface area contributed by atoms with Crippen LogP contribution in [-0.2, 0) is 23.8 Å². The fraction of sp³-hybridized carbons (Fsp3) is 0.474. The Morgan fingerprint density at radius 2 is 1.94 bits per heavy atom. The zero-order valence-corrected chi connectivity index (χ0v) is 19.0. The van der Waals surface area contributed by atoms with Crippen molar-refractivity contribution >= 4 is 46.9 Å². The smallest absolute Gasteiger partial charge is 0.388 e. The number of hydrogen-bond donors (Lipinski definition) is 0. The van der Waals surface area contributed by atoms with E-state index in [-0.39, 0.29) is 6.54 Å². The third-order valence-corrected chi connectivity index (χ3v) is 6.47. The van der Waals surface area contributed by atoms with Gasteiger partial charge in [-0.1, -0.05) is 35.0 Å². The average molecular weight is 487 g/mol.